The zero-order valence-corrected chi connectivity index (χ0v) is 19.4. The highest BCUT2D eigenvalue weighted by Gasteiger charge is 2.07. The van der Waals surface area contributed by atoms with E-state index >= 15 is 0 Å². The lowest BCUT2D eigenvalue weighted by Crippen LogP contribution is -2.17. The van der Waals surface area contributed by atoms with Crippen molar-refractivity contribution in [2.45, 2.75) is 24.8 Å². The molecule has 0 atom stereocenters. The van der Waals surface area contributed by atoms with E-state index in [4.69, 9.17) is 21.1 Å². The lowest BCUT2D eigenvalue weighted by Gasteiger charge is -2.12. The zero-order valence-electron chi connectivity index (χ0n) is 17.8. The van der Waals surface area contributed by atoms with Crippen molar-refractivity contribution >= 4 is 35.5 Å². The molecule has 0 unspecified atom stereocenters. The van der Waals surface area contributed by atoms with E-state index in [1.165, 1.54) is 0 Å². The number of thioether (sulfide) groups is 1. The van der Waals surface area contributed by atoms with E-state index < -0.39 is 0 Å². The minimum absolute atomic E-state index is 0.129. The van der Waals surface area contributed by atoms with E-state index in [9.17, 15) is 4.79 Å². The lowest BCUT2D eigenvalue weighted by molar-refractivity contribution is -0.120. The van der Waals surface area contributed by atoms with Crippen molar-refractivity contribution in [2.75, 3.05) is 12.4 Å². The van der Waals surface area contributed by atoms with Crippen LogP contribution in [-0.2, 0) is 11.4 Å². The van der Waals surface area contributed by atoms with E-state index in [0.29, 0.717) is 41.9 Å². The third-order valence-corrected chi connectivity index (χ3v) is 5.54. The molecule has 166 valence electrons. The van der Waals surface area contributed by atoms with Crippen molar-refractivity contribution in [1.82, 2.24) is 5.43 Å². The van der Waals surface area contributed by atoms with Crippen LogP contribution < -0.4 is 14.9 Å². The van der Waals surface area contributed by atoms with Gasteiger partial charge in [0, 0.05) is 22.1 Å². The maximum atomic E-state index is 12.0. The Morgan fingerprint density at radius 2 is 1.88 bits per heavy atom. The summed E-state index contributed by atoms with van der Waals surface area (Å²) in [6, 6.07) is 23.0. The maximum Gasteiger partial charge on any atom is 0.240 e. The number of hydrogen-bond acceptors (Lipinski definition) is 5. The molecular weight excluding hydrogens is 444 g/mol. The van der Waals surface area contributed by atoms with Crippen LogP contribution in [0.2, 0.25) is 5.02 Å². The molecule has 0 bridgehead atoms. The van der Waals surface area contributed by atoms with Crippen LogP contribution in [-0.4, -0.2) is 24.5 Å². The summed E-state index contributed by atoms with van der Waals surface area (Å²) in [6.07, 6.45) is 1.98. The molecule has 5 nitrogen and oxygen atoms in total. The quantitative estimate of drug-likeness (QED) is 0.214. The Labute approximate surface area is 197 Å². The highest BCUT2D eigenvalue weighted by atomic mass is 35.5. The standard InChI is InChI=1S/C25H25ClN2O3S/c1-2-30-24-16-19(11-12-23(24)31-18-20-7-6-8-21(26)15-20)17-27-28-25(29)13-14-32-22-9-4-3-5-10-22/h3-12,15-17H,2,13-14,18H2,1H3,(H,28,29). The number of halogens is 1. The molecule has 0 aliphatic heterocycles. The van der Waals surface area contributed by atoms with Crippen LogP contribution in [0.15, 0.2) is 82.8 Å². The SMILES string of the molecule is CCOc1cc(C=NNC(=O)CCSc2ccccc2)ccc1OCc1cccc(Cl)c1. The van der Waals surface area contributed by atoms with Crippen molar-refractivity contribution in [1.29, 1.82) is 0 Å². The van der Waals surface area contributed by atoms with Gasteiger partial charge in [0.05, 0.1) is 12.8 Å². The predicted molar refractivity (Wildman–Crippen MR) is 131 cm³/mol. The van der Waals surface area contributed by atoms with Gasteiger partial charge in [0.1, 0.15) is 6.61 Å². The van der Waals surface area contributed by atoms with Crippen LogP contribution in [0.4, 0.5) is 0 Å². The number of hydrazone groups is 1. The number of benzene rings is 3. The molecule has 7 heteroatoms. The molecule has 0 heterocycles. The minimum Gasteiger partial charge on any atom is -0.490 e. The summed E-state index contributed by atoms with van der Waals surface area (Å²) in [5, 5.41) is 4.73. The van der Waals surface area contributed by atoms with Crippen molar-refractivity contribution in [3.05, 3.63) is 88.9 Å². The molecule has 0 saturated carbocycles. The number of hydrogen-bond donors (Lipinski definition) is 1. The molecular formula is C25H25ClN2O3S. The van der Waals surface area contributed by atoms with Crippen LogP contribution in [0.25, 0.3) is 0 Å². The van der Waals surface area contributed by atoms with Gasteiger partial charge in [-0.05, 0) is 60.5 Å². The first-order chi connectivity index (χ1) is 15.6. The van der Waals surface area contributed by atoms with Crippen LogP contribution in [0, 0.1) is 0 Å². The molecule has 3 aromatic carbocycles. The molecule has 0 fully saturated rings. The number of nitrogens with zero attached hydrogens (tertiary/aromatic N) is 1. The third-order valence-electron chi connectivity index (χ3n) is 4.29. The van der Waals surface area contributed by atoms with Gasteiger partial charge in [-0.2, -0.15) is 5.10 Å². The monoisotopic (exact) mass is 468 g/mol. The molecule has 0 saturated heterocycles. The summed E-state index contributed by atoms with van der Waals surface area (Å²) in [4.78, 5) is 13.1. The second-order valence-electron chi connectivity index (χ2n) is 6.76. The highest BCUT2D eigenvalue weighted by molar-refractivity contribution is 7.99. The highest BCUT2D eigenvalue weighted by Crippen LogP contribution is 2.29. The summed E-state index contributed by atoms with van der Waals surface area (Å²) in [5.74, 6) is 1.81. The van der Waals surface area contributed by atoms with E-state index in [1.807, 2.05) is 79.7 Å². The zero-order chi connectivity index (χ0) is 22.6. The van der Waals surface area contributed by atoms with Gasteiger partial charge in [-0.25, -0.2) is 5.43 Å². The van der Waals surface area contributed by atoms with Gasteiger partial charge < -0.3 is 9.47 Å². The Morgan fingerprint density at radius 1 is 1.03 bits per heavy atom. The average Bonchev–Trinajstić information content (AvgIpc) is 2.79. The molecule has 0 spiro atoms. The van der Waals surface area contributed by atoms with Gasteiger partial charge >= 0.3 is 0 Å². The van der Waals surface area contributed by atoms with Crippen LogP contribution >= 0.6 is 23.4 Å². The van der Waals surface area contributed by atoms with E-state index in [2.05, 4.69) is 10.5 Å². The second kappa shape index (κ2) is 12.8. The Hall–Kier alpha value is -2.96. The fraction of sp³-hybridized carbons (Fsp3) is 0.200. The van der Waals surface area contributed by atoms with Crippen molar-refractivity contribution in [3.8, 4) is 11.5 Å². The minimum atomic E-state index is -0.129. The summed E-state index contributed by atoms with van der Waals surface area (Å²) in [5.41, 5.74) is 4.33. The van der Waals surface area contributed by atoms with Gasteiger partial charge in [-0.15, -0.1) is 11.8 Å². The molecule has 0 aliphatic rings. The normalized spacial score (nSPS) is 10.8. The van der Waals surface area contributed by atoms with Gasteiger partial charge in [0.2, 0.25) is 5.91 Å². The fourth-order valence-corrected chi connectivity index (χ4v) is 3.88. The first-order valence-corrected chi connectivity index (χ1v) is 11.6. The first kappa shape index (κ1) is 23.7. The molecule has 0 radical (unpaired) electrons. The Morgan fingerprint density at radius 3 is 2.66 bits per heavy atom. The number of carbonyl (C=O) groups is 1. The van der Waals surface area contributed by atoms with Gasteiger partial charge in [0.25, 0.3) is 0 Å². The van der Waals surface area contributed by atoms with Crippen molar-refractivity contribution in [2.24, 2.45) is 5.10 Å². The molecule has 0 aromatic heterocycles. The molecule has 0 aliphatic carbocycles. The van der Waals surface area contributed by atoms with Crippen LogP contribution in [0.3, 0.4) is 0 Å². The van der Waals surface area contributed by atoms with Crippen molar-refractivity contribution < 1.29 is 14.3 Å². The second-order valence-corrected chi connectivity index (χ2v) is 8.37. The maximum absolute atomic E-state index is 12.0. The number of nitrogens with one attached hydrogen (secondary N) is 1. The summed E-state index contributed by atoms with van der Waals surface area (Å²) in [6.45, 7) is 2.80. The smallest absolute Gasteiger partial charge is 0.240 e. The Balaban J connectivity index is 1.51. The van der Waals surface area contributed by atoms with Crippen molar-refractivity contribution in [3.63, 3.8) is 0 Å². The molecule has 32 heavy (non-hydrogen) atoms. The predicted octanol–water partition coefficient (Wildman–Crippen LogP) is 5.95. The molecule has 1 amide bonds. The number of ether oxygens (including phenoxy) is 2. The summed E-state index contributed by atoms with van der Waals surface area (Å²) < 4.78 is 11.6. The third kappa shape index (κ3) is 7.94. The van der Waals surface area contributed by atoms with E-state index in [-0.39, 0.29) is 5.91 Å². The van der Waals surface area contributed by atoms with Crippen LogP contribution in [0.5, 0.6) is 11.5 Å². The fourth-order valence-electron chi connectivity index (χ4n) is 2.79. The average molecular weight is 469 g/mol. The molecule has 3 rings (SSSR count). The summed E-state index contributed by atoms with van der Waals surface area (Å²) in [7, 11) is 0. The van der Waals surface area contributed by atoms with Gasteiger partial charge in [-0.3, -0.25) is 4.79 Å². The number of amides is 1. The Bertz CT molecular complexity index is 1040. The van der Waals surface area contributed by atoms with E-state index in [0.717, 1.165) is 16.0 Å². The Kier molecular flexibility index (Phi) is 9.47. The molecule has 3 aromatic rings. The van der Waals surface area contributed by atoms with E-state index in [1.54, 1.807) is 18.0 Å². The van der Waals surface area contributed by atoms with Crippen LogP contribution in [0.1, 0.15) is 24.5 Å². The molecule has 1 N–H and O–H groups in total. The summed E-state index contributed by atoms with van der Waals surface area (Å²) >= 11 is 7.67. The lowest BCUT2D eigenvalue weighted by atomic mass is 10.2. The topological polar surface area (TPSA) is 59.9 Å². The number of carbonyl (C=O) groups excluding carboxylic acids is 1. The van der Waals surface area contributed by atoms with Gasteiger partial charge in [0.15, 0.2) is 11.5 Å². The van der Waals surface area contributed by atoms with Gasteiger partial charge in [-0.1, -0.05) is 41.9 Å². The first-order valence-electron chi connectivity index (χ1n) is 10.3. The largest absolute Gasteiger partial charge is 0.490 e. The number of rotatable bonds is 11.